The highest BCUT2D eigenvalue weighted by Crippen LogP contribution is 2.73. The molecule has 0 radical (unpaired) electrons. The van der Waals surface area contributed by atoms with E-state index in [0.29, 0.717) is 24.8 Å². The summed E-state index contributed by atoms with van der Waals surface area (Å²) in [4.78, 5) is 26.3. The standard InChI is InChI=1S/C28H40O11S/c1-13-8-20(37-25(33)16(13)11-29)14(2)17-4-5-18-15-9-23-28(38-23)24(32)21(39-40(34,35)36)10-22(31)27(28,12-30)19(15)6-7-26(17,18)3/h14-15,17-21,23-24,29-30,32H,4-12H2,1-3H3,(H,34,35,36). The fourth-order valence-electron chi connectivity index (χ4n) is 10.4. The van der Waals surface area contributed by atoms with Crippen LogP contribution < -0.4 is 0 Å². The van der Waals surface area contributed by atoms with E-state index in [1.165, 1.54) is 0 Å². The molecule has 1 spiro atoms. The maximum absolute atomic E-state index is 13.8. The first kappa shape index (κ1) is 28.7. The average molecular weight is 585 g/mol. The molecular weight excluding hydrogens is 544 g/mol. The van der Waals surface area contributed by atoms with Crippen molar-refractivity contribution in [1.29, 1.82) is 0 Å². The number of rotatable bonds is 6. The van der Waals surface area contributed by atoms with Gasteiger partial charge < -0.3 is 24.8 Å². The van der Waals surface area contributed by atoms with Crippen molar-refractivity contribution in [1.82, 2.24) is 0 Å². The summed E-state index contributed by atoms with van der Waals surface area (Å²) in [6.45, 7) is 5.46. The van der Waals surface area contributed by atoms with Gasteiger partial charge in [-0.3, -0.25) is 9.35 Å². The lowest BCUT2D eigenvalue weighted by Gasteiger charge is -2.60. The molecule has 0 amide bonds. The Morgan fingerprint density at radius 1 is 1.12 bits per heavy atom. The second-order valence-electron chi connectivity index (χ2n) is 13.4. The third-order valence-electron chi connectivity index (χ3n) is 12.2. The summed E-state index contributed by atoms with van der Waals surface area (Å²) >= 11 is 0. The average Bonchev–Trinajstić information content (AvgIpc) is 3.50. The van der Waals surface area contributed by atoms with E-state index in [-0.39, 0.29) is 47.7 Å². The molecule has 12 heteroatoms. The molecule has 2 heterocycles. The molecule has 12 unspecified atom stereocenters. The Bertz CT molecular complexity index is 1250. The predicted molar refractivity (Wildman–Crippen MR) is 138 cm³/mol. The van der Waals surface area contributed by atoms with Crippen molar-refractivity contribution in [2.24, 2.45) is 40.4 Å². The van der Waals surface area contributed by atoms with Crippen LogP contribution in [-0.2, 0) is 33.6 Å². The van der Waals surface area contributed by atoms with Gasteiger partial charge in [0.15, 0.2) is 0 Å². The molecule has 0 aromatic carbocycles. The molecule has 4 N–H and O–H groups in total. The van der Waals surface area contributed by atoms with Crippen molar-refractivity contribution in [2.75, 3.05) is 13.2 Å². The van der Waals surface area contributed by atoms with Gasteiger partial charge in [0.1, 0.15) is 29.7 Å². The van der Waals surface area contributed by atoms with Gasteiger partial charge in [-0.2, -0.15) is 8.42 Å². The van der Waals surface area contributed by atoms with Crippen LogP contribution in [0.4, 0.5) is 0 Å². The summed E-state index contributed by atoms with van der Waals surface area (Å²) in [6, 6.07) is 0. The van der Waals surface area contributed by atoms with Crippen LogP contribution in [0.2, 0.25) is 0 Å². The molecule has 4 saturated carbocycles. The summed E-state index contributed by atoms with van der Waals surface area (Å²) in [5.41, 5.74) is -1.68. The van der Waals surface area contributed by atoms with E-state index < -0.39 is 64.5 Å². The third-order valence-corrected chi connectivity index (χ3v) is 12.7. The zero-order valence-corrected chi connectivity index (χ0v) is 23.9. The van der Waals surface area contributed by atoms with Crippen molar-refractivity contribution in [3.05, 3.63) is 11.1 Å². The topological polar surface area (TPSA) is 180 Å². The molecule has 6 rings (SSSR count). The van der Waals surface area contributed by atoms with Crippen molar-refractivity contribution < 1.29 is 51.5 Å². The van der Waals surface area contributed by atoms with Gasteiger partial charge in [-0.25, -0.2) is 8.98 Å². The molecule has 1 saturated heterocycles. The number of hydrogen-bond acceptors (Lipinski definition) is 10. The van der Waals surface area contributed by atoms with Crippen molar-refractivity contribution in [3.63, 3.8) is 0 Å². The fraction of sp³-hybridized carbons (Fsp3) is 0.857. The van der Waals surface area contributed by atoms with Crippen molar-refractivity contribution in [3.8, 4) is 0 Å². The van der Waals surface area contributed by atoms with Crippen LogP contribution in [0, 0.1) is 40.4 Å². The number of epoxide rings is 1. The zero-order chi connectivity index (χ0) is 29.0. The van der Waals surface area contributed by atoms with Gasteiger partial charge in [0.05, 0.1) is 30.3 Å². The Balaban J connectivity index is 1.27. The first-order chi connectivity index (χ1) is 18.7. The number of ketones is 1. The van der Waals surface area contributed by atoms with E-state index in [1.807, 2.05) is 6.92 Å². The van der Waals surface area contributed by atoms with E-state index in [1.54, 1.807) is 0 Å². The highest BCUT2D eigenvalue weighted by Gasteiger charge is 2.84. The van der Waals surface area contributed by atoms with Gasteiger partial charge in [-0.1, -0.05) is 19.4 Å². The zero-order valence-electron chi connectivity index (χ0n) is 23.1. The first-order valence-electron chi connectivity index (χ1n) is 14.4. The minimum atomic E-state index is -4.91. The molecule has 4 aliphatic carbocycles. The molecule has 12 atom stereocenters. The molecule has 0 aromatic heterocycles. The van der Waals surface area contributed by atoms with Crippen LogP contribution in [0.1, 0.15) is 65.7 Å². The van der Waals surface area contributed by atoms with Gasteiger partial charge in [0.25, 0.3) is 0 Å². The maximum atomic E-state index is 13.8. The number of fused-ring (bicyclic) bond motifs is 4. The van der Waals surface area contributed by atoms with Crippen molar-refractivity contribution in [2.45, 2.75) is 95.7 Å². The maximum Gasteiger partial charge on any atom is 0.397 e. The highest BCUT2D eigenvalue weighted by atomic mass is 32.3. The van der Waals surface area contributed by atoms with Gasteiger partial charge in [0.2, 0.25) is 0 Å². The lowest BCUT2D eigenvalue weighted by Crippen LogP contribution is -2.70. The first-order valence-corrected chi connectivity index (χ1v) is 15.8. The number of cyclic esters (lactones) is 1. The molecule has 224 valence electrons. The minimum Gasteiger partial charge on any atom is -0.458 e. The Kier molecular flexibility index (Phi) is 6.67. The molecular formula is C28H40O11S. The summed E-state index contributed by atoms with van der Waals surface area (Å²) in [7, 11) is -4.91. The number of hydrogen-bond donors (Lipinski definition) is 4. The van der Waals surface area contributed by atoms with Gasteiger partial charge in [-0.05, 0) is 74.0 Å². The van der Waals surface area contributed by atoms with Gasteiger partial charge in [-0.15, -0.1) is 0 Å². The second-order valence-corrected chi connectivity index (χ2v) is 14.5. The molecule has 6 aliphatic rings. The summed E-state index contributed by atoms with van der Waals surface area (Å²) < 4.78 is 48.6. The van der Waals surface area contributed by atoms with Crippen LogP contribution in [-0.4, -0.2) is 83.3 Å². The van der Waals surface area contributed by atoms with E-state index in [0.717, 1.165) is 24.8 Å². The van der Waals surface area contributed by atoms with Crippen LogP contribution >= 0.6 is 0 Å². The van der Waals surface area contributed by atoms with Crippen molar-refractivity contribution >= 4 is 22.2 Å². The molecule has 0 aromatic rings. The number of ether oxygens (including phenoxy) is 2. The number of esters is 1. The molecule has 40 heavy (non-hydrogen) atoms. The number of carbonyl (C=O) groups is 2. The summed E-state index contributed by atoms with van der Waals surface area (Å²) in [6.07, 6.45) is 0.263. The van der Waals surface area contributed by atoms with Crippen LogP contribution in [0.25, 0.3) is 0 Å². The van der Waals surface area contributed by atoms with E-state index in [2.05, 4.69) is 18.0 Å². The highest BCUT2D eigenvalue weighted by molar-refractivity contribution is 7.80. The van der Waals surface area contributed by atoms with Crippen LogP contribution in [0.3, 0.4) is 0 Å². The number of aliphatic hydroxyl groups excluding tert-OH is 3. The minimum absolute atomic E-state index is 0.0652. The lowest BCUT2D eigenvalue weighted by atomic mass is 9.43. The monoisotopic (exact) mass is 584 g/mol. The van der Waals surface area contributed by atoms with E-state index in [9.17, 15) is 37.9 Å². The van der Waals surface area contributed by atoms with Gasteiger partial charge in [0, 0.05) is 12.8 Å². The molecule has 0 bridgehead atoms. The smallest absolute Gasteiger partial charge is 0.397 e. The Morgan fingerprint density at radius 3 is 2.48 bits per heavy atom. The number of aliphatic hydroxyl groups is 3. The third kappa shape index (κ3) is 3.72. The number of Topliss-reactive ketones (excluding diaryl/α,β-unsaturated/α-hetero) is 1. The lowest BCUT2D eigenvalue weighted by molar-refractivity contribution is -0.190. The van der Waals surface area contributed by atoms with Crippen LogP contribution in [0.5, 0.6) is 0 Å². The molecule has 2 aliphatic heterocycles. The second kappa shape index (κ2) is 9.29. The fourth-order valence-corrected chi connectivity index (χ4v) is 10.8. The normalized spacial score (nSPS) is 49.0. The quantitative estimate of drug-likeness (QED) is 0.201. The predicted octanol–water partition coefficient (Wildman–Crippen LogP) is 1.35. The summed E-state index contributed by atoms with van der Waals surface area (Å²) in [5, 5.41) is 31.6. The molecule has 11 nitrogen and oxygen atoms in total. The molecule has 5 fully saturated rings. The number of carbonyl (C=O) groups excluding carboxylic acids is 2. The SMILES string of the molecule is CC1=C(CO)C(=O)OC(C(C)C2CCC3C4CC5OC56C(O)C(OS(=O)(=O)O)CC(=O)C6(CO)C4CCC23C)C1. The Morgan fingerprint density at radius 2 is 1.85 bits per heavy atom. The van der Waals surface area contributed by atoms with Gasteiger partial charge >= 0.3 is 16.4 Å². The van der Waals surface area contributed by atoms with Crippen LogP contribution in [0.15, 0.2) is 11.1 Å². The van der Waals surface area contributed by atoms with E-state index in [4.69, 9.17) is 9.47 Å². The largest absolute Gasteiger partial charge is 0.458 e. The Hall–Kier alpha value is -1.41. The Labute approximate surface area is 234 Å². The summed E-state index contributed by atoms with van der Waals surface area (Å²) in [5.74, 6) is -0.418. The van der Waals surface area contributed by atoms with E-state index >= 15 is 0 Å².